The molecule has 1 aliphatic heterocycles. The second-order valence-corrected chi connectivity index (χ2v) is 10.4. The smallest absolute Gasteiger partial charge is 0.355 e. The average molecular weight is 455 g/mol. The number of carbonyl (C=O) groups excluding carboxylic acids is 3. The molecule has 0 aromatic carbocycles. The van der Waals surface area contributed by atoms with E-state index in [2.05, 4.69) is 4.98 Å². The summed E-state index contributed by atoms with van der Waals surface area (Å²) in [6.45, 7) is 4.71. The van der Waals surface area contributed by atoms with E-state index in [0.717, 1.165) is 25.7 Å². The van der Waals surface area contributed by atoms with Crippen LogP contribution >= 0.6 is 0 Å². The van der Waals surface area contributed by atoms with Gasteiger partial charge in [0.05, 0.1) is 23.7 Å². The van der Waals surface area contributed by atoms with Crippen molar-refractivity contribution >= 4 is 27.7 Å². The number of aryl methyl sites for hydroxylation is 1. The summed E-state index contributed by atoms with van der Waals surface area (Å²) in [7, 11) is -3.15. The molecule has 2 aliphatic rings. The molecule has 1 aliphatic carbocycles. The summed E-state index contributed by atoms with van der Waals surface area (Å²) < 4.78 is 34.2. The van der Waals surface area contributed by atoms with Crippen molar-refractivity contribution in [2.45, 2.75) is 65.0 Å². The SMILES string of the molecule is CCOC(=O)c1c(C)[nH]c(C(=O)OCC(=O)N(C2CCCC2)C2CCS(=O)(=O)C2)c1C. The maximum atomic E-state index is 13.0. The number of nitrogens with zero attached hydrogens (tertiary/aromatic N) is 1. The lowest BCUT2D eigenvalue weighted by Crippen LogP contribution is -2.48. The lowest BCUT2D eigenvalue weighted by Gasteiger charge is -2.33. The molecular weight excluding hydrogens is 424 g/mol. The Morgan fingerprint density at radius 1 is 1.03 bits per heavy atom. The predicted molar refractivity (Wildman–Crippen MR) is 113 cm³/mol. The topological polar surface area (TPSA) is 123 Å². The summed E-state index contributed by atoms with van der Waals surface area (Å²) in [5, 5.41) is 0. The van der Waals surface area contributed by atoms with Gasteiger partial charge in [-0.3, -0.25) is 4.79 Å². The molecule has 2 fully saturated rings. The summed E-state index contributed by atoms with van der Waals surface area (Å²) in [5.74, 6) is -1.62. The predicted octanol–water partition coefficient (Wildman–Crippen LogP) is 1.92. The van der Waals surface area contributed by atoms with Gasteiger partial charge in [0.25, 0.3) is 5.91 Å². The third-order valence-corrected chi connectivity index (χ3v) is 7.81. The molecule has 9 nitrogen and oxygen atoms in total. The first-order valence-corrected chi connectivity index (χ1v) is 12.5. The van der Waals surface area contributed by atoms with Crippen molar-refractivity contribution in [1.82, 2.24) is 9.88 Å². The van der Waals surface area contributed by atoms with Crippen LogP contribution in [0.5, 0.6) is 0 Å². The van der Waals surface area contributed by atoms with Gasteiger partial charge in [0.1, 0.15) is 5.69 Å². The van der Waals surface area contributed by atoms with Gasteiger partial charge in [-0.15, -0.1) is 0 Å². The molecule has 10 heteroatoms. The number of aromatic nitrogens is 1. The molecule has 1 amide bonds. The van der Waals surface area contributed by atoms with Gasteiger partial charge >= 0.3 is 11.9 Å². The van der Waals surface area contributed by atoms with Gasteiger partial charge < -0.3 is 19.4 Å². The van der Waals surface area contributed by atoms with Gasteiger partial charge in [0.2, 0.25) is 0 Å². The number of carbonyl (C=O) groups is 3. The first-order chi connectivity index (χ1) is 14.6. The molecular formula is C21H30N2O7S. The van der Waals surface area contributed by atoms with Crippen molar-refractivity contribution in [2.75, 3.05) is 24.7 Å². The Morgan fingerprint density at radius 2 is 1.71 bits per heavy atom. The molecule has 1 aromatic heterocycles. The molecule has 3 rings (SSSR count). The number of amides is 1. The highest BCUT2D eigenvalue weighted by molar-refractivity contribution is 7.91. The van der Waals surface area contributed by atoms with E-state index < -0.39 is 28.4 Å². The van der Waals surface area contributed by atoms with E-state index in [9.17, 15) is 22.8 Å². The quantitative estimate of drug-likeness (QED) is 0.625. The maximum Gasteiger partial charge on any atom is 0.355 e. The van der Waals surface area contributed by atoms with Crippen LogP contribution in [0.4, 0.5) is 0 Å². The first-order valence-electron chi connectivity index (χ1n) is 10.7. The van der Waals surface area contributed by atoms with Crippen LogP contribution in [-0.4, -0.2) is 73.0 Å². The Kier molecular flexibility index (Phi) is 7.08. The van der Waals surface area contributed by atoms with Crippen molar-refractivity contribution < 1.29 is 32.3 Å². The van der Waals surface area contributed by atoms with Gasteiger partial charge in [-0.1, -0.05) is 12.8 Å². The Hall–Kier alpha value is -2.36. The second-order valence-electron chi connectivity index (χ2n) is 8.22. The zero-order valence-corrected chi connectivity index (χ0v) is 19.0. The van der Waals surface area contributed by atoms with E-state index in [1.54, 1.807) is 25.7 Å². The van der Waals surface area contributed by atoms with Crippen LogP contribution in [-0.2, 0) is 24.1 Å². The van der Waals surface area contributed by atoms with Crippen LogP contribution in [0.25, 0.3) is 0 Å². The Morgan fingerprint density at radius 3 is 2.29 bits per heavy atom. The van der Waals surface area contributed by atoms with E-state index in [1.165, 1.54) is 0 Å². The number of H-pyrrole nitrogens is 1. The molecule has 0 spiro atoms. The van der Waals surface area contributed by atoms with Crippen molar-refractivity contribution in [3.63, 3.8) is 0 Å². The minimum Gasteiger partial charge on any atom is -0.462 e. The fraction of sp³-hybridized carbons (Fsp3) is 0.667. The third kappa shape index (κ3) is 5.11. The van der Waals surface area contributed by atoms with Crippen LogP contribution in [0.2, 0.25) is 0 Å². The minimum absolute atomic E-state index is 0.0191. The number of ether oxygens (including phenoxy) is 2. The van der Waals surface area contributed by atoms with Crippen LogP contribution in [0.1, 0.15) is 71.1 Å². The highest BCUT2D eigenvalue weighted by Gasteiger charge is 2.39. The lowest BCUT2D eigenvalue weighted by atomic mass is 10.1. The largest absolute Gasteiger partial charge is 0.462 e. The summed E-state index contributed by atoms with van der Waals surface area (Å²) in [5.41, 5.74) is 1.27. The minimum atomic E-state index is -3.15. The van der Waals surface area contributed by atoms with E-state index in [-0.39, 0.29) is 47.4 Å². The monoisotopic (exact) mass is 454 g/mol. The van der Waals surface area contributed by atoms with E-state index in [4.69, 9.17) is 9.47 Å². The fourth-order valence-corrected chi connectivity index (χ4v) is 6.33. The molecule has 31 heavy (non-hydrogen) atoms. The van der Waals surface area contributed by atoms with Gasteiger partial charge in [-0.05, 0) is 45.6 Å². The zero-order chi connectivity index (χ0) is 22.8. The normalized spacial score (nSPS) is 20.5. The number of nitrogens with one attached hydrogen (secondary N) is 1. The second kappa shape index (κ2) is 9.42. The highest BCUT2D eigenvalue weighted by Crippen LogP contribution is 2.29. The molecule has 1 saturated carbocycles. The molecule has 1 atom stereocenters. The standard InChI is InChI=1S/C21H30N2O7S/c1-4-29-20(25)18-13(2)19(22-14(18)3)21(26)30-11-17(24)23(15-7-5-6-8-15)16-9-10-31(27,28)12-16/h15-16,22H,4-12H2,1-3H3. The molecule has 1 N–H and O–H groups in total. The number of hydrogen-bond donors (Lipinski definition) is 1. The number of hydrogen-bond acceptors (Lipinski definition) is 7. The van der Waals surface area contributed by atoms with Crippen LogP contribution in [0, 0.1) is 13.8 Å². The van der Waals surface area contributed by atoms with Crippen molar-refractivity contribution in [3.8, 4) is 0 Å². The Bertz CT molecular complexity index is 961. The highest BCUT2D eigenvalue weighted by atomic mass is 32.2. The van der Waals surface area contributed by atoms with Crippen LogP contribution in [0.15, 0.2) is 0 Å². The third-order valence-electron chi connectivity index (χ3n) is 6.06. The lowest BCUT2D eigenvalue weighted by molar-refractivity contribution is -0.139. The van der Waals surface area contributed by atoms with Crippen molar-refractivity contribution in [1.29, 1.82) is 0 Å². The molecule has 1 saturated heterocycles. The molecule has 0 bridgehead atoms. The van der Waals surface area contributed by atoms with Gasteiger partial charge in [0, 0.05) is 17.8 Å². The van der Waals surface area contributed by atoms with Crippen LogP contribution < -0.4 is 0 Å². The number of aromatic amines is 1. The molecule has 1 unspecified atom stereocenters. The molecule has 0 radical (unpaired) electrons. The molecule has 1 aromatic rings. The maximum absolute atomic E-state index is 13.0. The summed E-state index contributed by atoms with van der Waals surface area (Å²) in [6, 6.07) is -0.390. The summed E-state index contributed by atoms with van der Waals surface area (Å²) in [6.07, 6.45) is 4.05. The number of rotatable bonds is 7. The molecule has 172 valence electrons. The number of sulfone groups is 1. The number of esters is 2. The zero-order valence-electron chi connectivity index (χ0n) is 18.2. The van der Waals surface area contributed by atoms with Gasteiger partial charge in [-0.25, -0.2) is 18.0 Å². The van der Waals surface area contributed by atoms with Gasteiger partial charge in [0.15, 0.2) is 16.4 Å². The molecule has 2 heterocycles. The van der Waals surface area contributed by atoms with Crippen molar-refractivity contribution in [3.05, 3.63) is 22.5 Å². The summed E-state index contributed by atoms with van der Waals surface area (Å²) >= 11 is 0. The van der Waals surface area contributed by atoms with Crippen molar-refractivity contribution in [2.24, 2.45) is 0 Å². The summed E-state index contributed by atoms with van der Waals surface area (Å²) in [4.78, 5) is 42.2. The Labute approximate surface area is 182 Å². The van der Waals surface area contributed by atoms with E-state index in [1.807, 2.05) is 0 Å². The van der Waals surface area contributed by atoms with Crippen LogP contribution in [0.3, 0.4) is 0 Å². The average Bonchev–Trinajstić information content (AvgIpc) is 3.40. The van der Waals surface area contributed by atoms with Gasteiger partial charge in [-0.2, -0.15) is 0 Å². The van der Waals surface area contributed by atoms with E-state index in [0.29, 0.717) is 17.7 Å². The Balaban J connectivity index is 1.70. The first kappa shape index (κ1) is 23.3. The fourth-order valence-electron chi connectivity index (χ4n) is 4.62. The van der Waals surface area contributed by atoms with E-state index >= 15 is 0 Å².